The van der Waals surface area contributed by atoms with Crippen molar-refractivity contribution < 1.29 is 10.2 Å². The van der Waals surface area contributed by atoms with Crippen LogP contribution in [-0.2, 0) is 0 Å². The number of rotatable bonds is 5. The molecular weight excluding hydrogens is 304 g/mol. The highest BCUT2D eigenvalue weighted by molar-refractivity contribution is 6.30. The molecule has 4 N–H and O–H groups in total. The Hall–Kier alpha value is -2.15. The third kappa shape index (κ3) is 2.89. The van der Waals surface area contributed by atoms with Gasteiger partial charge in [0.15, 0.2) is 0 Å². The minimum absolute atomic E-state index is 0.250. The minimum atomic E-state index is -0.897. The van der Waals surface area contributed by atoms with E-state index in [0.717, 1.165) is 5.39 Å². The summed E-state index contributed by atoms with van der Waals surface area (Å²) in [5.41, 5.74) is 1.35. The summed E-state index contributed by atoms with van der Waals surface area (Å²) in [6.45, 7) is -0.250. The van der Waals surface area contributed by atoms with Crippen LogP contribution in [0.5, 0.6) is 0 Å². The van der Waals surface area contributed by atoms with E-state index in [4.69, 9.17) is 11.6 Å². The molecule has 114 valence electrons. The second-order valence-corrected chi connectivity index (χ2v) is 5.33. The van der Waals surface area contributed by atoms with Crippen LogP contribution in [0.2, 0.25) is 5.02 Å². The summed E-state index contributed by atoms with van der Waals surface area (Å²) in [5.74, 6) is 0.554. The molecular formula is C15H15ClN4O2. The van der Waals surface area contributed by atoms with E-state index in [9.17, 15) is 10.2 Å². The van der Waals surface area contributed by atoms with Gasteiger partial charge in [-0.25, -0.2) is 9.97 Å². The number of aromatic amines is 1. The van der Waals surface area contributed by atoms with Crippen molar-refractivity contribution in [3.8, 4) is 0 Å². The average molecular weight is 319 g/mol. The number of aromatic nitrogens is 3. The summed E-state index contributed by atoms with van der Waals surface area (Å²) >= 11 is 5.85. The van der Waals surface area contributed by atoms with Crippen molar-refractivity contribution in [2.45, 2.75) is 12.1 Å². The van der Waals surface area contributed by atoms with Gasteiger partial charge in [0.2, 0.25) is 0 Å². The van der Waals surface area contributed by atoms with Crippen molar-refractivity contribution in [2.75, 3.05) is 11.9 Å². The molecule has 7 heteroatoms. The van der Waals surface area contributed by atoms with Crippen LogP contribution in [0.1, 0.15) is 11.7 Å². The molecule has 0 aliphatic carbocycles. The first-order chi connectivity index (χ1) is 10.7. The van der Waals surface area contributed by atoms with Crippen LogP contribution in [0.25, 0.3) is 11.0 Å². The molecule has 0 amide bonds. The number of nitrogens with one attached hydrogen (secondary N) is 2. The van der Waals surface area contributed by atoms with E-state index in [2.05, 4.69) is 20.3 Å². The minimum Gasteiger partial charge on any atom is -0.394 e. The maximum absolute atomic E-state index is 10.4. The molecule has 0 aliphatic heterocycles. The van der Waals surface area contributed by atoms with Gasteiger partial charge < -0.3 is 20.5 Å². The number of fused-ring (bicyclic) bond motifs is 1. The molecule has 0 saturated carbocycles. The molecule has 0 spiro atoms. The molecule has 0 saturated heterocycles. The van der Waals surface area contributed by atoms with Gasteiger partial charge in [-0.05, 0) is 23.8 Å². The van der Waals surface area contributed by atoms with E-state index in [0.29, 0.717) is 22.1 Å². The lowest BCUT2D eigenvalue weighted by molar-refractivity contribution is 0.118. The molecule has 6 nitrogen and oxygen atoms in total. The predicted molar refractivity (Wildman–Crippen MR) is 84.8 cm³/mol. The Morgan fingerprint density at radius 1 is 1.18 bits per heavy atom. The lowest BCUT2D eigenvalue weighted by Gasteiger charge is -2.23. The SMILES string of the molecule is OC[C@@H](Nc1ncnc2[nH]ccc12)[C@H](O)c1ccc(Cl)cc1. The number of aliphatic hydroxyl groups is 2. The van der Waals surface area contributed by atoms with Gasteiger partial charge >= 0.3 is 0 Å². The summed E-state index contributed by atoms with van der Waals surface area (Å²) in [6.07, 6.45) is 2.28. The number of nitrogens with zero attached hydrogens (tertiary/aromatic N) is 2. The van der Waals surface area contributed by atoms with Gasteiger partial charge in [-0.2, -0.15) is 0 Å². The van der Waals surface area contributed by atoms with E-state index in [-0.39, 0.29) is 6.61 Å². The standard InChI is InChI=1S/C15H15ClN4O2/c16-10-3-1-9(2-4-10)13(22)12(7-21)20-15-11-5-6-17-14(11)18-8-19-15/h1-6,8,12-13,21-22H,7H2,(H2,17,18,19,20)/t12-,13-/m1/s1. The molecule has 0 radical (unpaired) electrons. The number of H-pyrrole nitrogens is 1. The number of halogens is 1. The van der Waals surface area contributed by atoms with E-state index < -0.39 is 12.1 Å². The zero-order valence-electron chi connectivity index (χ0n) is 11.6. The summed E-state index contributed by atoms with van der Waals surface area (Å²) < 4.78 is 0. The van der Waals surface area contributed by atoms with Crippen LogP contribution in [0.15, 0.2) is 42.9 Å². The van der Waals surface area contributed by atoms with E-state index in [1.54, 1.807) is 30.5 Å². The third-order valence-corrected chi connectivity index (χ3v) is 3.72. The zero-order chi connectivity index (χ0) is 15.5. The van der Waals surface area contributed by atoms with Gasteiger partial charge in [0, 0.05) is 11.2 Å². The molecule has 0 unspecified atom stereocenters. The number of aliphatic hydroxyl groups excluding tert-OH is 2. The fourth-order valence-electron chi connectivity index (χ4n) is 2.28. The normalized spacial score (nSPS) is 14.0. The largest absolute Gasteiger partial charge is 0.394 e. The van der Waals surface area contributed by atoms with Crippen LogP contribution in [0.4, 0.5) is 5.82 Å². The highest BCUT2D eigenvalue weighted by Gasteiger charge is 2.21. The Kier molecular flexibility index (Phi) is 4.24. The number of hydrogen-bond acceptors (Lipinski definition) is 5. The van der Waals surface area contributed by atoms with Gasteiger partial charge in [0.1, 0.15) is 23.9 Å². The van der Waals surface area contributed by atoms with Crippen molar-refractivity contribution in [3.63, 3.8) is 0 Å². The molecule has 1 aromatic carbocycles. The Morgan fingerprint density at radius 3 is 2.68 bits per heavy atom. The van der Waals surface area contributed by atoms with E-state index >= 15 is 0 Å². The van der Waals surface area contributed by atoms with Crippen LogP contribution < -0.4 is 5.32 Å². The van der Waals surface area contributed by atoms with Gasteiger partial charge in [0.05, 0.1) is 18.0 Å². The van der Waals surface area contributed by atoms with E-state index in [1.807, 2.05) is 6.07 Å². The first kappa shape index (κ1) is 14.8. The first-order valence-electron chi connectivity index (χ1n) is 6.78. The molecule has 2 aromatic heterocycles. The smallest absolute Gasteiger partial charge is 0.142 e. The lowest BCUT2D eigenvalue weighted by atomic mass is 10.0. The van der Waals surface area contributed by atoms with Gasteiger partial charge in [0.25, 0.3) is 0 Å². The topological polar surface area (TPSA) is 94.1 Å². The van der Waals surface area contributed by atoms with Crippen LogP contribution >= 0.6 is 11.6 Å². The van der Waals surface area contributed by atoms with Crippen molar-refractivity contribution in [3.05, 3.63) is 53.4 Å². The molecule has 0 aliphatic rings. The fourth-order valence-corrected chi connectivity index (χ4v) is 2.41. The fraction of sp³-hybridized carbons (Fsp3) is 0.200. The third-order valence-electron chi connectivity index (χ3n) is 3.47. The Bertz CT molecular complexity index is 760. The molecule has 3 aromatic rings. The molecule has 0 bridgehead atoms. The zero-order valence-corrected chi connectivity index (χ0v) is 12.3. The number of hydrogen-bond donors (Lipinski definition) is 4. The van der Waals surface area contributed by atoms with Crippen molar-refractivity contribution >= 4 is 28.5 Å². The highest BCUT2D eigenvalue weighted by Crippen LogP contribution is 2.24. The van der Waals surface area contributed by atoms with Crippen LogP contribution in [0, 0.1) is 0 Å². The molecule has 0 fully saturated rings. The number of benzene rings is 1. The molecule has 2 heterocycles. The molecule has 2 atom stereocenters. The second kappa shape index (κ2) is 6.31. The lowest BCUT2D eigenvalue weighted by Crippen LogP contribution is -2.31. The van der Waals surface area contributed by atoms with E-state index in [1.165, 1.54) is 6.33 Å². The van der Waals surface area contributed by atoms with Crippen LogP contribution in [-0.4, -0.2) is 37.8 Å². The molecule has 22 heavy (non-hydrogen) atoms. The molecule has 3 rings (SSSR count). The Labute approximate surface area is 131 Å². The first-order valence-corrected chi connectivity index (χ1v) is 7.16. The second-order valence-electron chi connectivity index (χ2n) is 4.89. The maximum Gasteiger partial charge on any atom is 0.142 e. The monoisotopic (exact) mass is 318 g/mol. The van der Waals surface area contributed by atoms with Crippen molar-refractivity contribution in [1.29, 1.82) is 0 Å². The maximum atomic E-state index is 10.4. The highest BCUT2D eigenvalue weighted by atomic mass is 35.5. The summed E-state index contributed by atoms with van der Waals surface area (Å²) in [4.78, 5) is 11.3. The van der Waals surface area contributed by atoms with Gasteiger partial charge in [-0.1, -0.05) is 23.7 Å². The number of anilines is 1. The van der Waals surface area contributed by atoms with Gasteiger partial charge in [-0.3, -0.25) is 0 Å². The summed E-state index contributed by atoms with van der Waals surface area (Å²) in [7, 11) is 0. The summed E-state index contributed by atoms with van der Waals surface area (Å²) in [6, 6.07) is 8.08. The predicted octanol–water partition coefficient (Wildman–Crippen LogP) is 2.12. The van der Waals surface area contributed by atoms with Crippen molar-refractivity contribution in [1.82, 2.24) is 15.0 Å². The summed E-state index contributed by atoms with van der Waals surface area (Å²) in [5, 5.41) is 24.5. The van der Waals surface area contributed by atoms with Crippen LogP contribution in [0.3, 0.4) is 0 Å². The van der Waals surface area contributed by atoms with Gasteiger partial charge in [-0.15, -0.1) is 0 Å². The quantitative estimate of drug-likeness (QED) is 0.578. The average Bonchev–Trinajstić information content (AvgIpc) is 3.02. The Balaban J connectivity index is 1.85. The van der Waals surface area contributed by atoms with Crippen molar-refractivity contribution in [2.24, 2.45) is 0 Å². The Morgan fingerprint density at radius 2 is 1.95 bits per heavy atom.